The number of aliphatic hydroxyl groups is 1. The normalized spacial score (nSPS) is 11.6. The first-order chi connectivity index (χ1) is 7.98. The summed E-state index contributed by atoms with van der Waals surface area (Å²) in [6.45, 7) is -1.97. The van der Waals surface area contributed by atoms with Crippen molar-refractivity contribution in [2.24, 2.45) is 0 Å². The number of benzene rings is 1. The number of ether oxygens (including phenoxy) is 1. The van der Waals surface area contributed by atoms with Gasteiger partial charge in [-0.3, -0.25) is 0 Å². The minimum absolute atomic E-state index is 0.0363. The van der Waals surface area contributed by atoms with Crippen LogP contribution in [0.4, 0.5) is 13.2 Å². The molecule has 0 heterocycles. The summed E-state index contributed by atoms with van der Waals surface area (Å²) in [6.07, 6.45) is 0. The second-order valence-electron chi connectivity index (χ2n) is 3.57. The van der Waals surface area contributed by atoms with Gasteiger partial charge in [-0.2, -0.15) is 0 Å². The monoisotopic (exact) mass is 249 g/mol. The molecule has 0 amide bonds. The van der Waals surface area contributed by atoms with Crippen LogP contribution in [0, 0.1) is 5.82 Å². The zero-order valence-electron chi connectivity index (χ0n) is 9.34. The Morgan fingerprint density at radius 1 is 1.41 bits per heavy atom. The first-order valence-electron chi connectivity index (χ1n) is 5.00. The number of methoxy groups -OCH3 is 1. The first kappa shape index (κ1) is 13.8. The second-order valence-corrected chi connectivity index (χ2v) is 3.57. The highest BCUT2D eigenvalue weighted by Crippen LogP contribution is 2.16. The van der Waals surface area contributed by atoms with Crippen molar-refractivity contribution >= 4 is 0 Å². The minimum atomic E-state index is -3.19. The molecule has 0 radical (unpaired) electrons. The molecule has 3 nitrogen and oxygen atoms in total. The lowest BCUT2D eigenvalue weighted by Gasteiger charge is -2.14. The smallest absolute Gasteiger partial charge is 0.282 e. The molecule has 1 aromatic carbocycles. The average Bonchev–Trinajstić information content (AvgIpc) is 2.31. The first-order valence-corrected chi connectivity index (χ1v) is 5.00. The number of rotatable bonds is 6. The van der Waals surface area contributed by atoms with Crippen LogP contribution in [0.3, 0.4) is 0 Å². The van der Waals surface area contributed by atoms with Crippen molar-refractivity contribution in [3.63, 3.8) is 0 Å². The number of alkyl halides is 2. The fraction of sp³-hybridized carbons (Fsp3) is 0.455. The number of aliphatic hydroxyl groups excluding tert-OH is 1. The maximum Gasteiger partial charge on any atom is 0.282 e. The Morgan fingerprint density at radius 3 is 2.65 bits per heavy atom. The van der Waals surface area contributed by atoms with Gasteiger partial charge in [-0.1, -0.05) is 6.07 Å². The van der Waals surface area contributed by atoms with E-state index in [0.29, 0.717) is 5.75 Å². The maximum absolute atomic E-state index is 13.4. The van der Waals surface area contributed by atoms with E-state index in [1.807, 2.05) is 0 Å². The van der Waals surface area contributed by atoms with Gasteiger partial charge in [-0.05, 0) is 6.07 Å². The van der Waals surface area contributed by atoms with Gasteiger partial charge in [0.2, 0.25) is 0 Å². The van der Waals surface area contributed by atoms with Crippen LogP contribution in [0.2, 0.25) is 0 Å². The summed E-state index contributed by atoms with van der Waals surface area (Å²) >= 11 is 0. The van der Waals surface area contributed by atoms with Crippen LogP contribution in [0.25, 0.3) is 0 Å². The van der Waals surface area contributed by atoms with Gasteiger partial charge in [0.05, 0.1) is 13.7 Å². The SMILES string of the molecule is COc1ccc(CNCC(F)(F)CO)c(F)c1. The van der Waals surface area contributed by atoms with Gasteiger partial charge in [0.25, 0.3) is 5.92 Å². The van der Waals surface area contributed by atoms with Crippen LogP contribution in [-0.4, -0.2) is 31.3 Å². The molecule has 96 valence electrons. The van der Waals surface area contributed by atoms with Crippen LogP contribution in [-0.2, 0) is 6.54 Å². The Hall–Kier alpha value is -1.27. The number of hydrogen-bond donors (Lipinski definition) is 2. The molecule has 6 heteroatoms. The number of halogens is 3. The molecule has 0 aliphatic heterocycles. The van der Waals surface area contributed by atoms with Gasteiger partial charge in [-0.15, -0.1) is 0 Å². The van der Waals surface area contributed by atoms with Gasteiger partial charge in [0, 0.05) is 18.2 Å². The highest BCUT2D eigenvalue weighted by Gasteiger charge is 2.26. The molecule has 0 aromatic heterocycles. The van der Waals surface area contributed by atoms with E-state index in [0.717, 1.165) is 0 Å². The lowest BCUT2D eigenvalue weighted by atomic mass is 10.2. The zero-order chi connectivity index (χ0) is 12.9. The lowest BCUT2D eigenvalue weighted by Crippen LogP contribution is -2.35. The largest absolute Gasteiger partial charge is 0.497 e. The Bertz CT molecular complexity index is 372. The minimum Gasteiger partial charge on any atom is -0.497 e. The molecular weight excluding hydrogens is 235 g/mol. The van der Waals surface area contributed by atoms with Crippen LogP contribution in [0.1, 0.15) is 5.56 Å². The molecule has 0 atom stereocenters. The second kappa shape index (κ2) is 5.88. The number of hydrogen-bond acceptors (Lipinski definition) is 3. The average molecular weight is 249 g/mol. The molecule has 1 aromatic rings. The van der Waals surface area contributed by atoms with E-state index in [1.165, 1.54) is 19.2 Å². The van der Waals surface area contributed by atoms with E-state index < -0.39 is 24.9 Å². The van der Waals surface area contributed by atoms with Crippen molar-refractivity contribution in [1.29, 1.82) is 0 Å². The lowest BCUT2D eigenvalue weighted by molar-refractivity contribution is -0.0478. The summed E-state index contributed by atoms with van der Waals surface area (Å²) in [5.41, 5.74) is 0.263. The molecule has 2 N–H and O–H groups in total. The van der Waals surface area contributed by atoms with Crippen LogP contribution in [0.15, 0.2) is 18.2 Å². The standard InChI is InChI=1S/C11H14F3NO2/c1-17-9-3-2-8(10(12)4-9)5-15-6-11(13,14)7-16/h2-4,15-16H,5-7H2,1H3. The third kappa shape index (κ3) is 4.24. The molecule has 0 aliphatic carbocycles. The highest BCUT2D eigenvalue weighted by atomic mass is 19.3. The van der Waals surface area contributed by atoms with Crippen molar-refractivity contribution in [2.75, 3.05) is 20.3 Å². The summed E-state index contributed by atoms with van der Waals surface area (Å²) in [6, 6.07) is 4.18. The van der Waals surface area contributed by atoms with Crippen LogP contribution < -0.4 is 10.1 Å². The van der Waals surface area contributed by atoms with Crippen molar-refractivity contribution < 1.29 is 23.0 Å². The van der Waals surface area contributed by atoms with E-state index in [2.05, 4.69) is 5.32 Å². The Morgan fingerprint density at radius 2 is 2.12 bits per heavy atom. The fourth-order valence-corrected chi connectivity index (χ4v) is 1.23. The summed E-state index contributed by atoms with van der Waals surface area (Å²) in [4.78, 5) is 0. The Balaban J connectivity index is 2.52. The van der Waals surface area contributed by atoms with E-state index in [1.54, 1.807) is 6.07 Å². The van der Waals surface area contributed by atoms with Crippen LogP contribution >= 0.6 is 0 Å². The van der Waals surface area contributed by atoms with Crippen molar-refractivity contribution in [3.05, 3.63) is 29.6 Å². The van der Waals surface area contributed by atoms with Crippen molar-refractivity contribution in [1.82, 2.24) is 5.32 Å². The Labute approximate surface area is 97.2 Å². The van der Waals surface area contributed by atoms with Gasteiger partial charge in [-0.25, -0.2) is 13.2 Å². The van der Waals surface area contributed by atoms with E-state index >= 15 is 0 Å². The molecule has 17 heavy (non-hydrogen) atoms. The molecule has 0 spiro atoms. The molecule has 0 saturated carbocycles. The summed E-state index contributed by atoms with van der Waals surface area (Å²) in [5.74, 6) is -3.35. The molecule has 0 fully saturated rings. The molecule has 0 saturated heterocycles. The van der Waals surface area contributed by atoms with E-state index in [4.69, 9.17) is 9.84 Å². The van der Waals surface area contributed by atoms with Gasteiger partial charge in [0.1, 0.15) is 18.2 Å². The summed E-state index contributed by atoms with van der Waals surface area (Å²) in [5, 5.41) is 10.7. The van der Waals surface area contributed by atoms with Crippen molar-refractivity contribution in [2.45, 2.75) is 12.5 Å². The van der Waals surface area contributed by atoms with E-state index in [9.17, 15) is 13.2 Å². The molecule has 0 aliphatic rings. The van der Waals surface area contributed by atoms with Gasteiger partial charge < -0.3 is 15.2 Å². The Kier molecular flexibility index (Phi) is 4.77. The number of nitrogens with one attached hydrogen (secondary N) is 1. The summed E-state index contributed by atoms with van der Waals surface area (Å²) in [7, 11) is 1.41. The maximum atomic E-state index is 13.4. The van der Waals surface area contributed by atoms with E-state index in [-0.39, 0.29) is 12.1 Å². The summed E-state index contributed by atoms with van der Waals surface area (Å²) < 4.78 is 43.5. The third-order valence-corrected chi connectivity index (χ3v) is 2.19. The quantitative estimate of drug-likeness (QED) is 0.803. The molecule has 0 bridgehead atoms. The topological polar surface area (TPSA) is 41.5 Å². The molecular formula is C11H14F3NO2. The van der Waals surface area contributed by atoms with Crippen LogP contribution in [0.5, 0.6) is 5.75 Å². The zero-order valence-corrected chi connectivity index (χ0v) is 9.34. The highest BCUT2D eigenvalue weighted by molar-refractivity contribution is 5.28. The molecule has 1 rings (SSSR count). The molecule has 0 unspecified atom stereocenters. The van der Waals surface area contributed by atoms with Gasteiger partial charge in [0.15, 0.2) is 0 Å². The predicted octanol–water partition coefficient (Wildman–Crippen LogP) is 1.55. The van der Waals surface area contributed by atoms with Gasteiger partial charge >= 0.3 is 0 Å². The fourth-order valence-electron chi connectivity index (χ4n) is 1.23. The third-order valence-electron chi connectivity index (χ3n) is 2.19. The predicted molar refractivity (Wildman–Crippen MR) is 56.7 cm³/mol. The van der Waals surface area contributed by atoms with Crippen molar-refractivity contribution in [3.8, 4) is 5.75 Å².